The van der Waals surface area contributed by atoms with E-state index in [-0.39, 0.29) is 24.2 Å². The van der Waals surface area contributed by atoms with Gasteiger partial charge in [-0.1, -0.05) is 17.7 Å². The summed E-state index contributed by atoms with van der Waals surface area (Å²) in [6, 6.07) is 17.8. The minimum absolute atomic E-state index is 0.212. The molecule has 0 aliphatic carbocycles. The van der Waals surface area contributed by atoms with Crippen molar-refractivity contribution in [1.29, 1.82) is 0 Å². The van der Waals surface area contributed by atoms with Gasteiger partial charge in [-0.3, -0.25) is 9.59 Å². The Balaban J connectivity index is 1.51. The third-order valence-corrected chi connectivity index (χ3v) is 4.76. The Kier molecular flexibility index (Phi) is 7.50. The molecule has 0 atom stereocenters. The average molecular weight is 484 g/mol. The van der Waals surface area contributed by atoms with Crippen molar-refractivity contribution in [1.82, 2.24) is 5.43 Å². The van der Waals surface area contributed by atoms with Gasteiger partial charge < -0.3 is 10.1 Å². The van der Waals surface area contributed by atoms with Crippen LogP contribution in [0.1, 0.15) is 21.5 Å². The number of hydrogen-bond donors (Lipinski definition) is 2. The van der Waals surface area contributed by atoms with Crippen molar-refractivity contribution in [3.05, 3.63) is 93.7 Å². The predicted molar refractivity (Wildman–Crippen MR) is 121 cm³/mol. The number of carbonyl (C=O) groups is 2. The molecule has 0 fully saturated rings. The van der Waals surface area contributed by atoms with E-state index in [2.05, 4.69) is 31.8 Å². The van der Waals surface area contributed by atoms with Crippen LogP contribution in [0.5, 0.6) is 5.75 Å². The molecule has 158 valence electrons. The molecule has 2 N–H and O–H groups in total. The van der Waals surface area contributed by atoms with Crippen molar-refractivity contribution in [2.24, 2.45) is 5.10 Å². The second-order valence-corrected chi connectivity index (χ2v) is 7.45. The number of hydrogen-bond acceptors (Lipinski definition) is 4. The zero-order valence-electron chi connectivity index (χ0n) is 16.6. The zero-order valence-corrected chi connectivity index (χ0v) is 18.1. The lowest BCUT2D eigenvalue weighted by molar-refractivity contribution is -0.118. The average Bonchev–Trinajstić information content (AvgIpc) is 2.75. The van der Waals surface area contributed by atoms with Crippen molar-refractivity contribution in [2.75, 3.05) is 11.9 Å². The SMILES string of the molecule is Cc1ccc(C(=O)N/N=C/c2ccc(OCC(=O)Nc3ccc(F)cc3)c(Br)c2)cc1. The standard InChI is InChI=1S/C23H19BrFN3O3/c1-15-2-5-17(6-3-15)23(30)28-26-13-16-4-11-21(20(24)12-16)31-14-22(29)27-19-9-7-18(25)8-10-19/h2-13H,14H2,1H3,(H,27,29)(H,28,30)/b26-13+. The number of rotatable bonds is 7. The number of amides is 2. The van der Waals surface area contributed by atoms with E-state index in [1.54, 1.807) is 30.3 Å². The van der Waals surface area contributed by atoms with Crippen molar-refractivity contribution in [3.8, 4) is 5.75 Å². The fourth-order valence-electron chi connectivity index (χ4n) is 2.52. The molecule has 3 aromatic carbocycles. The van der Waals surface area contributed by atoms with E-state index in [0.29, 0.717) is 21.5 Å². The quantitative estimate of drug-likeness (QED) is 0.378. The number of halogens is 2. The van der Waals surface area contributed by atoms with Gasteiger partial charge in [0.2, 0.25) is 0 Å². The highest BCUT2D eigenvalue weighted by atomic mass is 79.9. The van der Waals surface area contributed by atoms with Crippen molar-refractivity contribution < 1.29 is 18.7 Å². The van der Waals surface area contributed by atoms with Crippen LogP contribution in [-0.4, -0.2) is 24.6 Å². The summed E-state index contributed by atoms with van der Waals surface area (Å²) in [5.74, 6) is -0.586. The van der Waals surface area contributed by atoms with Crippen LogP contribution in [0.2, 0.25) is 0 Å². The van der Waals surface area contributed by atoms with E-state index in [0.717, 1.165) is 11.1 Å². The van der Waals surface area contributed by atoms with Gasteiger partial charge in [-0.2, -0.15) is 5.10 Å². The summed E-state index contributed by atoms with van der Waals surface area (Å²) in [6.45, 7) is 1.74. The molecule has 0 aliphatic heterocycles. The molecular weight excluding hydrogens is 465 g/mol. The lowest BCUT2D eigenvalue weighted by atomic mass is 10.1. The minimum Gasteiger partial charge on any atom is -0.483 e. The Bertz CT molecular complexity index is 1100. The van der Waals surface area contributed by atoms with Crippen LogP contribution >= 0.6 is 15.9 Å². The third kappa shape index (κ3) is 6.75. The number of benzene rings is 3. The van der Waals surface area contributed by atoms with E-state index in [1.165, 1.54) is 30.5 Å². The van der Waals surface area contributed by atoms with Gasteiger partial charge in [0.05, 0.1) is 10.7 Å². The Morgan fingerprint density at radius 3 is 2.45 bits per heavy atom. The highest BCUT2D eigenvalue weighted by molar-refractivity contribution is 9.10. The monoisotopic (exact) mass is 483 g/mol. The summed E-state index contributed by atoms with van der Waals surface area (Å²) >= 11 is 3.39. The highest BCUT2D eigenvalue weighted by Crippen LogP contribution is 2.25. The molecule has 0 saturated heterocycles. The summed E-state index contributed by atoms with van der Waals surface area (Å²) < 4.78 is 19.0. The van der Waals surface area contributed by atoms with Crippen LogP contribution < -0.4 is 15.5 Å². The van der Waals surface area contributed by atoms with Crippen LogP contribution in [0.4, 0.5) is 10.1 Å². The van der Waals surface area contributed by atoms with Gasteiger partial charge in [-0.15, -0.1) is 0 Å². The van der Waals surface area contributed by atoms with E-state index in [4.69, 9.17) is 4.74 Å². The van der Waals surface area contributed by atoms with Crippen LogP contribution in [0, 0.1) is 12.7 Å². The predicted octanol–water partition coefficient (Wildman–Crippen LogP) is 4.68. The van der Waals surface area contributed by atoms with Gasteiger partial charge >= 0.3 is 0 Å². The first kappa shape index (κ1) is 22.2. The first-order valence-electron chi connectivity index (χ1n) is 9.28. The largest absolute Gasteiger partial charge is 0.483 e. The van der Waals surface area contributed by atoms with Crippen molar-refractivity contribution >= 4 is 39.6 Å². The van der Waals surface area contributed by atoms with E-state index >= 15 is 0 Å². The van der Waals surface area contributed by atoms with Crippen molar-refractivity contribution in [2.45, 2.75) is 6.92 Å². The molecule has 0 radical (unpaired) electrons. The number of anilines is 1. The van der Waals surface area contributed by atoms with E-state index in [1.807, 2.05) is 19.1 Å². The number of ether oxygens (including phenoxy) is 1. The maximum Gasteiger partial charge on any atom is 0.271 e. The highest BCUT2D eigenvalue weighted by Gasteiger charge is 2.07. The Hall–Kier alpha value is -3.52. The molecule has 0 aliphatic rings. The lowest BCUT2D eigenvalue weighted by Gasteiger charge is -2.09. The number of hydrazone groups is 1. The first-order valence-corrected chi connectivity index (χ1v) is 10.1. The summed E-state index contributed by atoms with van der Waals surface area (Å²) in [6.07, 6.45) is 1.50. The number of aryl methyl sites for hydroxylation is 1. The molecule has 0 unspecified atom stereocenters. The fourth-order valence-corrected chi connectivity index (χ4v) is 3.03. The minimum atomic E-state index is -0.378. The van der Waals surface area contributed by atoms with Crippen LogP contribution in [0.15, 0.2) is 76.3 Å². The summed E-state index contributed by atoms with van der Waals surface area (Å²) in [5, 5.41) is 6.58. The van der Waals surface area contributed by atoms with Gasteiger partial charge in [0, 0.05) is 11.3 Å². The van der Waals surface area contributed by atoms with E-state index < -0.39 is 0 Å². The Morgan fingerprint density at radius 2 is 1.77 bits per heavy atom. The molecule has 31 heavy (non-hydrogen) atoms. The number of nitrogens with one attached hydrogen (secondary N) is 2. The number of nitrogens with zero attached hydrogens (tertiary/aromatic N) is 1. The molecule has 2 amide bonds. The molecule has 0 saturated carbocycles. The topological polar surface area (TPSA) is 79.8 Å². The van der Waals surface area contributed by atoms with Crippen molar-refractivity contribution in [3.63, 3.8) is 0 Å². The summed E-state index contributed by atoms with van der Waals surface area (Å²) in [5.41, 5.74) is 5.27. The third-order valence-electron chi connectivity index (χ3n) is 4.14. The first-order chi connectivity index (χ1) is 14.9. The molecule has 0 spiro atoms. The molecule has 3 rings (SSSR count). The maximum atomic E-state index is 12.9. The zero-order chi connectivity index (χ0) is 22.2. The lowest BCUT2D eigenvalue weighted by Crippen LogP contribution is -2.20. The molecule has 8 heteroatoms. The second kappa shape index (κ2) is 10.5. The smallest absolute Gasteiger partial charge is 0.271 e. The molecule has 3 aromatic rings. The van der Waals surface area contributed by atoms with Gasteiger partial charge in [-0.25, -0.2) is 9.82 Å². The Labute approximate surface area is 187 Å². The summed E-state index contributed by atoms with van der Waals surface area (Å²) in [7, 11) is 0. The van der Waals surface area contributed by atoms with Gasteiger partial charge in [0.25, 0.3) is 11.8 Å². The summed E-state index contributed by atoms with van der Waals surface area (Å²) in [4.78, 5) is 24.0. The molecule has 0 bridgehead atoms. The second-order valence-electron chi connectivity index (χ2n) is 6.60. The van der Waals surface area contributed by atoms with Gasteiger partial charge in [-0.05, 0) is 83.0 Å². The maximum absolute atomic E-state index is 12.9. The van der Waals surface area contributed by atoms with Gasteiger partial charge in [0.15, 0.2) is 6.61 Å². The van der Waals surface area contributed by atoms with Crippen LogP contribution in [-0.2, 0) is 4.79 Å². The van der Waals surface area contributed by atoms with Gasteiger partial charge in [0.1, 0.15) is 11.6 Å². The van der Waals surface area contributed by atoms with Crippen LogP contribution in [0.25, 0.3) is 0 Å². The van der Waals surface area contributed by atoms with E-state index in [9.17, 15) is 14.0 Å². The molecule has 0 aromatic heterocycles. The molecular formula is C23H19BrFN3O3. The number of carbonyl (C=O) groups excluding carboxylic acids is 2. The van der Waals surface area contributed by atoms with Crippen LogP contribution in [0.3, 0.4) is 0 Å². The molecule has 6 nitrogen and oxygen atoms in total. The Morgan fingerprint density at radius 1 is 1.06 bits per heavy atom. The normalized spacial score (nSPS) is 10.7. The fraction of sp³-hybridized carbons (Fsp3) is 0.0870. The molecule has 0 heterocycles.